The van der Waals surface area contributed by atoms with E-state index in [2.05, 4.69) is 10.3 Å². The van der Waals surface area contributed by atoms with Crippen LogP contribution < -0.4 is 4.74 Å². The molecule has 5 nitrogen and oxygen atoms in total. The molecule has 1 N–H and O–H groups in total. The minimum Gasteiger partial charge on any atom is -0.497 e. The first-order valence-corrected chi connectivity index (χ1v) is 4.90. The monoisotopic (exact) mass is 219 g/mol. The average molecular weight is 219 g/mol. The molecule has 0 aliphatic carbocycles. The molecule has 0 radical (unpaired) electrons. The number of aromatic nitrogens is 3. The normalized spacial score (nSPS) is 10.4. The first-order valence-electron chi connectivity index (χ1n) is 4.90. The number of aliphatic hydroxyl groups excluding tert-OH is 1. The maximum Gasteiger partial charge on any atom is 0.119 e. The van der Waals surface area contributed by atoms with Gasteiger partial charge in [0.2, 0.25) is 0 Å². The maximum absolute atomic E-state index is 9.17. The van der Waals surface area contributed by atoms with Crippen LogP contribution in [0.2, 0.25) is 0 Å². The highest BCUT2D eigenvalue weighted by atomic mass is 16.5. The predicted molar refractivity (Wildman–Crippen MR) is 58.9 cm³/mol. The molecular weight excluding hydrogens is 206 g/mol. The van der Waals surface area contributed by atoms with E-state index in [0.717, 1.165) is 17.0 Å². The summed E-state index contributed by atoms with van der Waals surface area (Å²) in [6.07, 6.45) is 0. The molecule has 2 rings (SSSR count). The van der Waals surface area contributed by atoms with Gasteiger partial charge in [-0.25, -0.2) is 4.68 Å². The van der Waals surface area contributed by atoms with Crippen molar-refractivity contribution in [1.82, 2.24) is 15.0 Å². The second-order valence-corrected chi connectivity index (χ2v) is 3.40. The second-order valence-electron chi connectivity index (χ2n) is 3.40. The standard InChI is InChI=1S/C11H13N3O2/c1-14-11(10(7-15)12-13-14)8-4-3-5-9(6-8)16-2/h3-6,15H,7H2,1-2H3. The van der Waals surface area contributed by atoms with Crippen molar-refractivity contribution >= 4 is 0 Å². The first-order chi connectivity index (χ1) is 7.76. The minimum absolute atomic E-state index is 0.125. The largest absolute Gasteiger partial charge is 0.497 e. The van der Waals surface area contributed by atoms with Gasteiger partial charge in [0, 0.05) is 12.6 Å². The van der Waals surface area contributed by atoms with Crippen molar-refractivity contribution in [3.63, 3.8) is 0 Å². The number of aryl methyl sites for hydroxylation is 1. The number of methoxy groups -OCH3 is 1. The van der Waals surface area contributed by atoms with Gasteiger partial charge in [0.05, 0.1) is 19.4 Å². The molecule has 0 saturated heterocycles. The maximum atomic E-state index is 9.17. The van der Waals surface area contributed by atoms with E-state index in [1.54, 1.807) is 18.8 Å². The van der Waals surface area contributed by atoms with E-state index < -0.39 is 0 Å². The average Bonchev–Trinajstić information content (AvgIpc) is 2.70. The summed E-state index contributed by atoms with van der Waals surface area (Å²) in [7, 11) is 3.41. The van der Waals surface area contributed by atoms with Crippen molar-refractivity contribution in [2.45, 2.75) is 6.61 Å². The van der Waals surface area contributed by atoms with E-state index in [9.17, 15) is 5.11 Å². The fourth-order valence-corrected chi connectivity index (χ4v) is 1.63. The Bertz CT molecular complexity index is 494. The third kappa shape index (κ3) is 1.77. The van der Waals surface area contributed by atoms with Crippen molar-refractivity contribution in [1.29, 1.82) is 0 Å². The number of nitrogens with zero attached hydrogens (tertiary/aromatic N) is 3. The summed E-state index contributed by atoms with van der Waals surface area (Å²) in [6.45, 7) is -0.125. The number of aliphatic hydroxyl groups is 1. The summed E-state index contributed by atoms with van der Waals surface area (Å²) in [5, 5.41) is 16.9. The molecule has 0 fully saturated rings. The van der Waals surface area contributed by atoms with Gasteiger partial charge in [-0.15, -0.1) is 5.10 Å². The molecule has 84 valence electrons. The highest BCUT2D eigenvalue weighted by Gasteiger charge is 2.12. The topological polar surface area (TPSA) is 60.2 Å². The van der Waals surface area contributed by atoms with Gasteiger partial charge in [-0.3, -0.25) is 0 Å². The third-order valence-corrected chi connectivity index (χ3v) is 2.39. The van der Waals surface area contributed by atoms with E-state index in [1.165, 1.54) is 0 Å². The lowest BCUT2D eigenvalue weighted by Crippen LogP contribution is -1.96. The van der Waals surface area contributed by atoms with Gasteiger partial charge in [0.25, 0.3) is 0 Å². The summed E-state index contributed by atoms with van der Waals surface area (Å²) in [6, 6.07) is 7.58. The zero-order valence-electron chi connectivity index (χ0n) is 9.21. The van der Waals surface area contributed by atoms with Crippen molar-refractivity contribution in [3.8, 4) is 17.0 Å². The molecule has 1 aromatic carbocycles. The molecule has 2 aromatic rings. The van der Waals surface area contributed by atoms with Gasteiger partial charge in [0.1, 0.15) is 11.4 Å². The number of hydrogen-bond donors (Lipinski definition) is 1. The summed E-state index contributed by atoms with van der Waals surface area (Å²) in [5.41, 5.74) is 2.30. The molecule has 0 spiro atoms. The Kier molecular flexibility index (Phi) is 2.87. The number of rotatable bonds is 3. The van der Waals surface area contributed by atoms with Gasteiger partial charge in [0.15, 0.2) is 0 Å². The Labute approximate surface area is 93.3 Å². The zero-order chi connectivity index (χ0) is 11.5. The summed E-state index contributed by atoms with van der Waals surface area (Å²) in [5.74, 6) is 0.766. The van der Waals surface area contributed by atoms with E-state index in [-0.39, 0.29) is 6.61 Å². The van der Waals surface area contributed by atoms with Crippen molar-refractivity contribution < 1.29 is 9.84 Å². The Morgan fingerprint density at radius 2 is 2.25 bits per heavy atom. The lowest BCUT2D eigenvalue weighted by atomic mass is 10.1. The fraction of sp³-hybridized carbons (Fsp3) is 0.273. The van der Waals surface area contributed by atoms with Crippen LogP contribution in [0.1, 0.15) is 5.69 Å². The third-order valence-electron chi connectivity index (χ3n) is 2.39. The van der Waals surface area contributed by atoms with E-state index in [4.69, 9.17) is 4.74 Å². The Morgan fingerprint density at radius 1 is 1.44 bits per heavy atom. The fourth-order valence-electron chi connectivity index (χ4n) is 1.63. The van der Waals surface area contributed by atoms with Crippen LogP contribution in [0.5, 0.6) is 5.75 Å². The van der Waals surface area contributed by atoms with Gasteiger partial charge in [-0.05, 0) is 12.1 Å². The second kappa shape index (κ2) is 4.32. The van der Waals surface area contributed by atoms with Crippen LogP contribution in [0.4, 0.5) is 0 Å². The van der Waals surface area contributed by atoms with Gasteiger partial charge in [-0.1, -0.05) is 17.3 Å². The number of benzene rings is 1. The van der Waals surface area contributed by atoms with Crippen LogP contribution in [0, 0.1) is 0 Å². The lowest BCUT2D eigenvalue weighted by Gasteiger charge is -2.05. The van der Waals surface area contributed by atoms with E-state index in [0.29, 0.717) is 5.69 Å². The molecule has 0 bridgehead atoms. The summed E-state index contributed by atoms with van der Waals surface area (Å²) >= 11 is 0. The first kappa shape index (κ1) is 10.6. The summed E-state index contributed by atoms with van der Waals surface area (Å²) in [4.78, 5) is 0. The van der Waals surface area contributed by atoms with Crippen molar-refractivity contribution in [2.75, 3.05) is 7.11 Å². The number of ether oxygens (including phenoxy) is 1. The van der Waals surface area contributed by atoms with E-state index >= 15 is 0 Å². The molecule has 1 heterocycles. The van der Waals surface area contributed by atoms with Crippen LogP contribution in [-0.2, 0) is 13.7 Å². The molecule has 0 amide bonds. The smallest absolute Gasteiger partial charge is 0.119 e. The van der Waals surface area contributed by atoms with Crippen LogP contribution >= 0.6 is 0 Å². The van der Waals surface area contributed by atoms with Crippen molar-refractivity contribution in [2.24, 2.45) is 7.05 Å². The zero-order valence-corrected chi connectivity index (χ0v) is 9.21. The van der Waals surface area contributed by atoms with Crippen LogP contribution in [0.15, 0.2) is 24.3 Å². The van der Waals surface area contributed by atoms with Gasteiger partial charge < -0.3 is 9.84 Å². The van der Waals surface area contributed by atoms with Crippen LogP contribution in [-0.4, -0.2) is 27.2 Å². The SMILES string of the molecule is COc1cccc(-c2c(CO)nnn2C)c1. The molecule has 0 aliphatic rings. The predicted octanol–water partition coefficient (Wildman–Crippen LogP) is 0.983. The molecule has 0 aliphatic heterocycles. The molecule has 1 aromatic heterocycles. The Morgan fingerprint density at radius 3 is 2.94 bits per heavy atom. The lowest BCUT2D eigenvalue weighted by molar-refractivity contribution is 0.277. The Hall–Kier alpha value is -1.88. The molecule has 0 saturated carbocycles. The molecular formula is C11H13N3O2. The highest BCUT2D eigenvalue weighted by Crippen LogP contribution is 2.25. The van der Waals surface area contributed by atoms with E-state index in [1.807, 2.05) is 24.3 Å². The quantitative estimate of drug-likeness (QED) is 0.836. The summed E-state index contributed by atoms with van der Waals surface area (Å²) < 4.78 is 6.79. The molecule has 5 heteroatoms. The molecule has 0 unspecified atom stereocenters. The van der Waals surface area contributed by atoms with Crippen LogP contribution in [0.25, 0.3) is 11.3 Å². The van der Waals surface area contributed by atoms with Crippen LogP contribution in [0.3, 0.4) is 0 Å². The van der Waals surface area contributed by atoms with Gasteiger partial charge in [-0.2, -0.15) is 0 Å². The Balaban J connectivity index is 2.53. The van der Waals surface area contributed by atoms with Crippen molar-refractivity contribution in [3.05, 3.63) is 30.0 Å². The molecule has 16 heavy (non-hydrogen) atoms. The number of hydrogen-bond acceptors (Lipinski definition) is 4. The molecule has 0 atom stereocenters. The minimum atomic E-state index is -0.125. The highest BCUT2D eigenvalue weighted by molar-refractivity contribution is 5.63. The van der Waals surface area contributed by atoms with Gasteiger partial charge >= 0.3 is 0 Å².